The molecule has 158 valence electrons. The molecule has 5 rings (SSSR count). The molecule has 2 aromatic heterocycles. The highest BCUT2D eigenvalue weighted by Gasteiger charge is 2.19. The third kappa shape index (κ3) is 3.59. The van der Waals surface area contributed by atoms with Crippen LogP contribution in [-0.4, -0.2) is 23.0 Å². The van der Waals surface area contributed by atoms with Crippen molar-refractivity contribution in [2.75, 3.05) is 12.4 Å². The number of amides is 1. The number of ether oxygens (including phenoxy) is 1. The van der Waals surface area contributed by atoms with Gasteiger partial charge in [-0.1, -0.05) is 35.9 Å². The number of rotatable bonds is 4. The molecule has 3 aromatic carbocycles. The summed E-state index contributed by atoms with van der Waals surface area (Å²) in [5.74, 6) is 0.465. The van der Waals surface area contributed by atoms with Gasteiger partial charge in [-0.3, -0.25) is 4.79 Å². The van der Waals surface area contributed by atoms with Crippen LogP contribution < -0.4 is 10.1 Å². The standard InChI is InChI=1S/C24H15BrClN3O3/c1-31-21-17(11-13-5-2-3-6-15(13)20(21)25)23(30)28-14-8-9-18(26)16(12-14)24-29-22-19(32-24)7-4-10-27-22/h2-12H,1H3,(H,28,30). The number of nitrogens with zero attached hydrogens (tertiary/aromatic N) is 2. The summed E-state index contributed by atoms with van der Waals surface area (Å²) < 4.78 is 12.0. The summed E-state index contributed by atoms with van der Waals surface area (Å²) in [5.41, 5.74) is 2.53. The number of pyridine rings is 1. The molecule has 0 aliphatic rings. The molecule has 6 nitrogen and oxygen atoms in total. The molecule has 1 N–H and O–H groups in total. The van der Waals surface area contributed by atoms with Crippen LogP contribution in [0.2, 0.25) is 5.02 Å². The van der Waals surface area contributed by atoms with Gasteiger partial charge in [0.2, 0.25) is 5.89 Å². The summed E-state index contributed by atoms with van der Waals surface area (Å²) in [6.45, 7) is 0. The van der Waals surface area contributed by atoms with Crippen LogP contribution in [0.3, 0.4) is 0 Å². The van der Waals surface area contributed by atoms with Crippen molar-refractivity contribution in [3.05, 3.63) is 81.9 Å². The lowest BCUT2D eigenvalue weighted by Crippen LogP contribution is -2.13. The van der Waals surface area contributed by atoms with E-state index in [4.69, 9.17) is 20.8 Å². The number of carbonyl (C=O) groups is 1. The van der Waals surface area contributed by atoms with Gasteiger partial charge < -0.3 is 14.5 Å². The highest BCUT2D eigenvalue weighted by molar-refractivity contribution is 9.10. The topological polar surface area (TPSA) is 77.2 Å². The van der Waals surface area contributed by atoms with Gasteiger partial charge in [-0.2, -0.15) is 4.98 Å². The molecule has 8 heteroatoms. The fourth-order valence-corrected chi connectivity index (χ4v) is 4.44. The number of benzene rings is 3. The van der Waals surface area contributed by atoms with E-state index in [2.05, 4.69) is 31.2 Å². The number of hydrogen-bond donors (Lipinski definition) is 1. The highest BCUT2D eigenvalue weighted by Crippen LogP contribution is 2.37. The molecule has 5 aromatic rings. The Balaban J connectivity index is 1.52. The summed E-state index contributed by atoms with van der Waals surface area (Å²) in [4.78, 5) is 21.7. The van der Waals surface area contributed by atoms with Crippen LogP contribution >= 0.6 is 27.5 Å². The zero-order valence-corrected chi connectivity index (χ0v) is 19.1. The van der Waals surface area contributed by atoms with Gasteiger partial charge in [0.05, 0.1) is 27.7 Å². The molecule has 0 saturated carbocycles. The Morgan fingerprint density at radius 2 is 1.97 bits per heavy atom. The van der Waals surface area contributed by atoms with Gasteiger partial charge in [0, 0.05) is 11.9 Å². The second-order valence-electron chi connectivity index (χ2n) is 6.99. The van der Waals surface area contributed by atoms with Gasteiger partial charge >= 0.3 is 0 Å². The lowest BCUT2D eigenvalue weighted by Gasteiger charge is -2.14. The van der Waals surface area contributed by atoms with Crippen LogP contribution in [0.15, 0.2) is 75.8 Å². The highest BCUT2D eigenvalue weighted by atomic mass is 79.9. The molecule has 0 atom stereocenters. The Bertz CT molecular complexity index is 1470. The molecule has 2 heterocycles. The number of fused-ring (bicyclic) bond motifs is 2. The van der Waals surface area contributed by atoms with Crippen LogP contribution in [0.4, 0.5) is 5.69 Å². The van der Waals surface area contributed by atoms with E-state index in [-0.39, 0.29) is 5.91 Å². The van der Waals surface area contributed by atoms with E-state index in [1.165, 1.54) is 7.11 Å². The molecule has 0 unspecified atom stereocenters. The van der Waals surface area contributed by atoms with Gasteiger partial charge in [0.25, 0.3) is 5.91 Å². The third-order valence-corrected chi connectivity index (χ3v) is 6.13. The van der Waals surface area contributed by atoms with Crippen LogP contribution in [0.25, 0.3) is 33.5 Å². The number of nitrogens with one attached hydrogen (secondary N) is 1. The Kier molecular flexibility index (Phi) is 5.28. The molecule has 0 spiro atoms. The first-order valence-corrected chi connectivity index (χ1v) is 10.8. The van der Waals surface area contributed by atoms with E-state index in [1.54, 1.807) is 42.6 Å². The van der Waals surface area contributed by atoms with E-state index in [1.807, 2.05) is 24.3 Å². The molecule has 0 aliphatic carbocycles. The largest absolute Gasteiger partial charge is 0.495 e. The van der Waals surface area contributed by atoms with Crippen molar-refractivity contribution in [2.45, 2.75) is 0 Å². The Hall–Kier alpha value is -3.42. The second-order valence-corrected chi connectivity index (χ2v) is 8.19. The zero-order valence-electron chi connectivity index (χ0n) is 16.7. The molecule has 0 radical (unpaired) electrons. The molecule has 0 bridgehead atoms. The quantitative estimate of drug-likeness (QED) is 0.292. The van der Waals surface area contributed by atoms with Crippen LogP contribution in [0.5, 0.6) is 5.75 Å². The Morgan fingerprint density at radius 1 is 1.12 bits per heavy atom. The molecular weight excluding hydrogens is 494 g/mol. The van der Waals surface area contributed by atoms with Gasteiger partial charge in [-0.25, -0.2) is 4.98 Å². The molecule has 0 fully saturated rings. The van der Waals surface area contributed by atoms with Crippen molar-refractivity contribution in [3.8, 4) is 17.2 Å². The SMILES string of the molecule is COc1c(C(=O)Nc2ccc(Cl)c(-c3nc4ncccc4o3)c2)cc2ccccc2c1Br. The Morgan fingerprint density at radius 3 is 2.78 bits per heavy atom. The van der Waals surface area contributed by atoms with E-state index in [9.17, 15) is 4.79 Å². The molecule has 0 saturated heterocycles. The first-order valence-electron chi connectivity index (χ1n) is 9.63. The number of carbonyl (C=O) groups excluding carboxylic acids is 1. The first-order chi connectivity index (χ1) is 15.5. The summed E-state index contributed by atoms with van der Waals surface area (Å²) in [6, 6.07) is 18.2. The van der Waals surface area contributed by atoms with Crippen LogP contribution in [0.1, 0.15) is 10.4 Å². The van der Waals surface area contributed by atoms with Gasteiger partial charge in [-0.05, 0) is 63.1 Å². The molecular formula is C24H15BrClN3O3. The van der Waals surface area contributed by atoms with Crippen LogP contribution in [0, 0.1) is 0 Å². The summed E-state index contributed by atoms with van der Waals surface area (Å²) >= 11 is 9.95. The predicted molar refractivity (Wildman–Crippen MR) is 128 cm³/mol. The van der Waals surface area contributed by atoms with E-state index in [0.717, 1.165) is 15.2 Å². The van der Waals surface area contributed by atoms with Crippen molar-refractivity contribution in [3.63, 3.8) is 0 Å². The van der Waals surface area contributed by atoms with Crippen LogP contribution in [-0.2, 0) is 0 Å². The summed E-state index contributed by atoms with van der Waals surface area (Å²) in [6.07, 6.45) is 1.64. The van der Waals surface area contributed by atoms with Crippen molar-refractivity contribution in [1.82, 2.24) is 9.97 Å². The second kappa shape index (κ2) is 8.26. The molecule has 0 aliphatic heterocycles. The minimum Gasteiger partial charge on any atom is -0.495 e. The van der Waals surface area contributed by atoms with Crippen molar-refractivity contribution >= 4 is 61.1 Å². The average molecular weight is 509 g/mol. The van der Waals surface area contributed by atoms with Gasteiger partial charge in [-0.15, -0.1) is 0 Å². The number of aromatic nitrogens is 2. The first kappa shape index (κ1) is 20.5. The summed E-state index contributed by atoms with van der Waals surface area (Å²) in [5, 5.41) is 5.23. The minimum atomic E-state index is -0.319. The number of oxazole rings is 1. The number of anilines is 1. The van der Waals surface area contributed by atoms with E-state index in [0.29, 0.717) is 44.7 Å². The van der Waals surface area contributed by atoms with E-state index >= 15 is 0 Å². The van der Waals surface area contributed by atoms with Crippen molar-refractivity contribution in [2.24, 2.45) is 0 Å². The lowest BCUT2D eigenvalue weighted by atomic mass is 10.0. The zero-order chi connectivity index (χ0) is 22.2. The summed E-state index contributed by atoms with van der Waals surface area (Å²) in [7, 11) is 1.54. The fourth-order valence-electron chi connectivity index (χ4n) is 3.50. The maximum Gasteiger partial charge on any atom is 0.259 e. The van der Waals surface area contributed by atoms with Crippen molar-refractivity contribution < 1.29 is 13.9 Å². The molecule has 1 amide bonds. The normalized spacial score (nSPS) is 11.1. The number of halogens is 2. The minimum absolute atomic E-state index is 0.319. The van der Waals surface area contributed by atoms with Gasteiger partial charge in [0.15, 0.2) is 11.2 Å². The monoisotopic (exact) mass is 507 g/mol. The number of hydrogen-bond acceptors (Lipinski definition) is 5. The molecule has 32 heavy (non-hydrogen) atoms. The van der Waals surface area contributed by atoms with E-state index < -0.39 is 0 Å². The van der Waals surface area contributed by atoms with Gasteiger partial charge in [0.1, 0.15) is 5.75 Å². The maximum absolute atomic E-state index is 13.2. The Labute approximate surface area is 196 Å². The number of methoxy groups -OCH3 is 1. The smallest absolute Gasteiger partial charge is 0.259 e. The average Bonchev–Trinajstić information content (AvgIpc) is 3.24. The predicted octanol–water partition coefficient (Wildman–Crippen LogP) is 6.72. The lowest BCUT2D eigenvalue weighted by molar-refractivity contribution is 0.102. The third-order valence-electron chi connectivity index (χ3n) is 5.01. The van der Waals surface area contributed by atoms with Crippen molar-refractivity contribution in [1.29, 1.82) is 0 Å². The fraction of sp³-hybridized carbons (Fsp3) is 0.0417. The maximum atomic E-state index is 13.2.